The summed E-state index contributed by atoms with van der Waals surface area (Å²) >= 11 is 1.31. The largest absolute Gasteiger partial charge is 0.483 e. The maximum absolute atomic E-state index is 12.8. The summed E-state index contributed by atoms with van der Waals surface area (Å²) in [6.07, 6.45) is 0. The molecule has 0 bridgehead atoms. The fraction of sp³-hybridized carbons (Fsp3) is 0.308. The number of amides is 1. The molecule has 0 unspecified atom stereocenters. The maximum atomic E-state index is 12.8. The Labute approximate surface area is 193 Å². The van der Waals surface area contributed by atoms with Crippen LogP contribution in [0.5, 0.6) is 5.75 Å². The van der Waals surface area contributed by atoms with Crippen molar-refractivity contribution in [3.63, 3.8) is 0 Å². The molecule has 0 aliphatic carbocycles. The zero-order chi connectivity index (χ0) is 23.4. The molecule has 1 aromatic heterocycles. The van der Waals surface area contributed by atoms with E-state index in [4.69, 9.17) is 9.47 Å². The van der Waals surface area contributed by atoms with E-state index in [0.717, 1.165) is 38.9 Å². The third kappa shape index (κ3) is 5.19. The Bertz CT molecular complexity index is 1160. The molecule has 0 atom stereocenters. The van der Waals surface area contributed by atoms with Crippen molar-refractivity contribution < 1.29 is 19.1 Å². The number of aryl methyl sites for hydroxylation is 4. The highest BCUT2D eigenvalue weighted by Crippen LogP contribution is 2.38. The molecule has 5 nitrogen and oxygen atoms in total. The predicted molar refractivity (Wildman–Crippen MR) is 130 cm³/mol. The quantitative estimate of drug-likeness (QED) is 0.438. The standard InChI is InChI=1S/C26H29NO4S/c1-7-30-26(29)24-21(20-9-8-15(2)10-18(20)5)14-32-25(24)27-23(28)13-31-22-12-16(3)11-17(4)19(22)6/h8-12,14H,7,13H2,1-6H3,(H,27,28). The minimum Gasteiger partial charge on any atom is -0.483 e. The van der Waals surface area contributed by atoms with E-state index >= 15 is 0 Å². The Kier molecular flexibility index (Phi) is 7.36. The number of benzene rings is 2. The summed E-state index contributed by atoms with van der Waals surface area (Å²) in [5.74, 6) is -0.0985. The van der Waals surface area contributed by atoms with Crippen LogP contribution in [0.15, 0.2) is 35.7 Å². The molecule has 2 aromatic carbocycles. The Morgan fingerprint density at radius 2 is 1.66 bits per heavy atom. The molecule has 6 heteroatoms. The first-order chi connectivity index (χ1) is 15.2. The molecular formula is C26H29NO4S. The number of esters is 1. The van der Waals surface area contributed by atoms with Gasteiger partial charge in [0.2, 0.25) is 0 Å². The van der Waals surface area contributed by atoms with Crippen LogP contribution < -0.4 is 10.1 Å². The summed E-state index contributed by atoms with van der Waals surface area (Å²) in [4.78, 5) is 25.5. The Morgan fingerprint density at radius 3 is 2.34 bits per heavy atom. The molecule has 1 heterocycles. The first-order valence-corrected chi connectivity index (χ1v) is 11.5. The van der Waals surface area contributed by atoms with Gasteiger partial charge in [-0.1, -0.05) is 29.8 Å². The average molecular weight is 452 g/mol. The molecule has 168 valence electrons. The zero-order valence-electron chi connectivity index (χ0n) is 19.4. The number of ether oxygens (including phenoxy) is 2. The summed E-state index contributed by atoms with van der Waals surface area (Å²) in [5.41, 5.74) is 7.46. The average Bonchev–Trinajstić information content (AvgIpc) is 3.13. The number of nitrogens with one attached hydrogen (secondary N) is 1. The summed E-state index contributed by atoms with van der Waals surface area (Å²) in [6.45, 7) is 11.9. The molecule has 0 aliphatic heterocycles. The van der Waals surface area contributed by atoms with Gasteiger partial charge in [-0.3, -0.25) is 4.79 Å². The highest BCUT2D eigenvalue weighted by atomic mass is 32.1. The molecule has 1 N–H and O–H groups in total. The summed E-state index contributed by atoms with van der Waals surface area (Å²) in [5, 5.41) is 5.19. The minimum atomic E-state index is -0.454. The smallest absolute Gasteiger partial charge is 0.341 e. The molecule has 0 fully saturated rings. The van der Waals surface area contributed by atoms with Gasteiger partial charge in [-0.2, -0.15) is 0 Å². The first kappa shape index (κ1) is 23.5. The lowest BCUT2D eigenvalue weighted by molar-refractivity contribution is -0.118. The number of carbonyl (C=O) groups is 2. The van der Waals surface area contributed by atoms with Gasteiger partial charge in [0.25, 0.3) is 5.91 Å². The van der Waals surface area contributed by atoms with Crippen molar-refractivity contribution in [2.24, 2.45) is 0 Å². The van der Waals surface area contributed by atoms with E-state index in [1.165, 1.54) is 11.3 Å². The molecule has 3 aromatic rings. The Morgan fingerprint density at radius 1 is 0.938 bits per heavy atom. The topological polar surface area (TPSA) is 64.6 Å². The van der Waals surface area contributed by atoms with Gasteiger partial charge in [0.15, 0.2) is 6.61 Å². The molecule has 0 radical (unpaired) electrons. The lowest BCUT2D eigenvalue weighted by Gasteiger charge is -2.13. The fourth-order valence-corrected chi connectivity index (χ4v) is 4.59. The predicted octanol–water partition coefficient (Wildman–Crippen LogP) is 6.15. The minimum absolute atomic E-state index is 0.150. The van der Waals surface area contributed by atoms with Crippen molar-refractivity contribution in [1.29, 1.82) is 0 Å². The van der Waals surface area contributed by atoms with E-state index in [1.807, 2.05) is 58.2 Å². The van der Waals surface area contributed by atoms with Gasteiger partial charge in [-0.25, -0.2) is 4.79 Å². The van der Waals surface area contributed by atoms with E-state index in [0.29, 0.717) is 16.3 Å². The number of anilines is 1. The van der Waals surface area contributed by atoms with Crippen LogP contribution in [0.3, 0.4) is 0 Å². The summed E-state index contributed by atoms with van der Waals surface area (Å²) < 4.78 is 11.1. The number of hydrogen-bond donors (Lipinski definition) is 1. The van der Waals surface area contributed by atoms with Crippen LogP contribution in [-0.4, -0.2) is 25.1 Å². The fourth-order valence-electron chi connectivity index (χ4n) is 3.63. The molecule has 3 rings (SSSR count). The van der Waals surface area contributed by atoms with E-state index in [-0.39, 0.29) is 19.1 Å². The highest BCUT2D eigenvalue weighted by Gasteiger charge is 2.24. The molecule has 0 spiro atoms. The van der Waals surface area contributed by atoms with Crippen LogP contribution in [0, 0.1) is 34.6 Å². The van der Waals surface area contributed by atoms with Crippen LogP contribution in [-0.2, 0) is 9.53 Å². The number of rotatable bonds is 7. The number of carbonyl (C=O) groups excluding carboxylic acids is 2. The molecule has 0 aliphatic rings. The highest BCUT2D eigenvalue weighted by molar-refractivity contribution is 7.15. The monoisotopic (exact) mass is 451 g/mol. The second kappa shape index (κ2) is 10.0. The SMILES string of the molecule is CCOC(=O)c1c(-c2ccc(C)cc2C)csc1NC(=O)COc1cc(C)cc(C)c1C. The lowest BCUT2D eigenvalue weighted by Crippen LogP contribution is -2.21. The van der Waals surface area contributed by atoms with Gasteiger partial charge in [0.05, 0.1) is 6.61 Å². The summed E-state index contributed by atoms with van der Waals surface area (Å²) in [7, 11) is 0. The molecule has 1 amide bonds. The second-order valence-corrected chi connectivity index (χ2v) is 8.81. The van der Waals surface area contributed by atoms with Gasteiger partial charge in [0.1, 0.15) is 16.3 Å². The van der Waals surface area contributed by atoms with Crippen molar-refractivity contribution >= 4 is 28.2 Å². The van der Waals surface area contributed by atoms with E-state index in [9.17, 15) is 9.59 Å². The second-order valence-electron chi connectivity index (χ2n) is 7.93. The lowest BCUT2D eigenvalue weighted by atomic mass is 9.97. The Hall–Kier alpha value is -3.12. The van der Waals surface area contributed by atoms with Crippen LogP contribution in [0.1, 0.15) is 45.1 Å². The van der Waals surface area contributed by atoms with Crippen molar-refractivity contribution in [2.75, 3.05) is 18.5 Å². The Balaban J connectivity index is 1.85. The third-order valence-corrected chi connectivity index (χ3v) is 6.21. The van der Waals surface area contributed by atoms with Crippen molar-refractivity contribution in [3.8, 4) is 16.9 Å². The molecule has 0 saturated carbocycles. The maximum Gasteiger partial charge on any atom is 0.341 e. The summed E-state index contributed by atoms with van der Waals surface area (Å²) in [6, 6.07) is 10.1. The third-order valence-electron chi connectivity index (χ3n) is 5.32. The van der Waals surface area contributed by atoms with Gasteiger partial charge in [-0.05, 0) is 75.4 Å². The molecule has 0 saturated heterocycles. The van der Waals surface area contributed by atoms with Crippen molar-refractivity contribution in [2.45, 2.75) is 41.5 Å². The molecule has 32 heavy (non-hydrogen) atoms. The van der Waals surface area contributed by atoms with Crippen molar-refractivity contribution in [1.82, 2.24) is 0 Å². The number of hydrogen-bond acceptors (Lipinski definition) is 5. The van der Waals surface area contributed by atoms with E-state index in [1.54, 1.807) is 6.92 Å². The van der Waals surface area contributed by atoms with Crippen LogP contribution >= 0.6 is 11.3 Å². The van der Waals surface area contributed by atoms with Gasteiger partial charge < -0.3 is 14.8 Å². The van der Waals surface area contributed by atoms with E-state index in [2.05, 4.69) is 17.4 Å². The van der Waals surface area contributed by atoms with Crippen molar-refractivity contribution in [3.05, 3.63) is 69.1 Å². The van der Waals surface area contributed by atoms with Crippen LogP contribution in [0.25, 0.3) is 11.1 Å². The first-order valence-electron chi connectivity index (χ1n) is 10.6. The number of thiophene rings is 1. The van der Waals surface area contributed by atoms with E-state index < -0.39 is 5.97 Å². The molecular weight excluding hydrogens is 422 g/mol. The zero-order valence-corrected chi connectivity index (χ0v) is 20.2. The normalized spacial score (nSPS) is 10.7. The van der Waals surface area contributed by atoms with Gasteiger partial charge in [0, 0.05) is 10.9 Å². The van der Waals surface area contributed by atoms with Gasteiger partial charge in [-0.15, -0.1) is 11.3 Å². The van der Waals surface area contributed by atoms with Crippen LogP contribution in [0.2, 0.25) is 0 Å². The van der Waals surface area contributed by atoms with Gasteiger partial charge >= 0.3 is 5.97 Å². The van der Waals surface area contributed by atoms with Crippen LogP contribution in [0.4, 0.5) is 5.00 Å².